The van der Waals surface area contributed by atoms with Crippen LogP contribution in [0.1, 0.15) is 36.3 Å². The molecule has 0 amide bonds. The van der Waals surface area contributed by atoms with Crippen LogP contribution in [0.2, 0.25) is 0 Å². The van der Waals surface area contributed by atoms with Crippen LogP contribution in [0.3, 0.4) is 0 Å². The lowest BCUT2D eigenvalue weighted by atomic mass is 10.1. The van der Waals surface area contributed by atoms with Crippen molar-refractivity contribution in [2.75, 3.05) is 26.3 Å². The zero-order chi connectivity index (χ0) is 14.7. The fourth-order valence-corrected chi connectivity index (χ4v) is 3.30. The van der Waals surface area contributed by atoms with E-state index in [9.17, 15) is 10.2 Å². The second kappa shape index (κ2) is 6.87. The fraction of sp³-hybridized carbons (Fsp3) is 0.800. The van der Waals surface area contributed by atoms with Crippen LogP contribution in [0.15, 0.2) is 4.52 Å². The predicted octanol–water partition coefficient (Wildman–Crippen LogP) is 0.497. The Kier molecular flexibility index (Phi) is 4.90. The highest BCUT2D eigenvalue weighted by atomic mass is 16.5. The number of aliphatic hydroxyl groups excluding tert-OH is 2. The molecule has 0 aromatic carbocycles. The van der Waals surface area contributed by atoms with E-state index in [1.54, 1.807) is 0 Å². The Labute approximate surface area is 124 Å². The van der Waals surface area contributed by atoms with E-state index in [4.69, 9.17) is 9.26 Å². The maximum atomic E-state index is 9.31. The summed E-state index contributed by atoms with van der Waals surface area (Å²) in [5, 5.41) is 22.9. The molecule has 6 nitrogen and oxygen atoms in total. The van der Waals surface area contributed by atoms with E-state index in [2.05, 4.69) is 10.1 Å². The SMILES string of the molecule is OC[C@@H]1CN(Cc2noc3c2CCCCC3)C[C@@H](CO)O1. The maximum Gasteiger partial charge on any atom is 0.140 e. The van der Waals surface area contributed by atoms with E-state index in [-0.39, 0.29) is 25.4 Å². The predicted molar refractivity (Wildman–Crippen MR) is 75.9 cm³/mol. The zero-order valence-electron chi connectivity index (χ0n) is 12.3. The largest absolute Gasteiger partial charge is 0.394 e. The Balaban J connectivity index is 1.69. The first kappa shape index (κ1) is 15.0. The quantitative estimate of drug-likeness (QED) is 0.788. The Hall–Kier alpha value is -0.950. The van der Waals surface area contributed by atoms with Gasteiger partial charge in [0.15, 0.2) is 0 Å². The van der Waals surface area contributed by atoms with Crippen molar-refractivity contribution in [3.8, 4) is 0 Å². The molecule has 1 aliphatic heterocycles. The highest BCUT2D eigenvalue weighted by molar-refractivity contribution is 5.24. The smallest absolute Gasteiger partial charge is 0.140 e. The van der Waals surface area contributed by atoms with Crippen molar-refractivity contribution in [1.29, 1.82) is 0 Å². The third-order valence-corrected chi connectivity index (χ3v) is 4.37. The van der Waals surface area contributed by atoms with E-state index in [1.807, 2.05) is 0 Å². The zero-order valence-corrected chi connectivity index (χ0v) is 12.3. The second-order valence-electron chi connectivity index (χ2n) is 6.03. The second-order valence-corrected chi connectivity index (χ2v) is 6.03. The average molecular weight is 296 g/mol. The van der Waals surface area contributed by atoms with Crippen LogP contribution in [0.5, 0.6) is 0 Å². The standard InChI is InChI=1S/C15H24N2O4/c18-9-11-6-17(7-12(10-19)20-11)8-14-13-4-2-1-3-5-15(13)21-16-14/h11-12,18-19H,1-10H2/t11-,12-/m0/s1. The summed E-state index contributed by atoms with van der Waals surface area (Å²) in [6.07, 6.45) is 5.19. The summed E-state index contributed by atoms with van der Waals surface area (Å²) in [6.45, 7) is 1.98. The van der Waals surface area contributed by atoms with Gasteiger partial charge in [-0.15, -0.1) is 0 Å². The van der Waals surface area contributed by atoms with Gasteiger partial charge in [-0.25, -0.2) is 0 Å². The molecule has 0 spiro atoms. The van der Waals surface area contributed by atoms with E-state index in [0.29, 0.717) is 19.6 Å². The monoisotopic (exact) mass is 296 g/mol. The molecule has 1 saturated heterocycles. The van der Waals surface area contributed by atoms with Crippen molar-refractivity contribution in [3.63, 3.8) is 0 Å². The molecule has 2 N–H and O–H groups in total. The maximum absolute atomic E-state index is 9.31. The molecule has 3 rings (SSSR count). The minimum Gasteiger partial charge on any atom is -0.394 e. The lowest BCUT2D eigenvalue weighted by Gasteiger charge is -2.36. The number of nitrogens with zero attached hydrogens (tertiary/aromatic N) is 2. The number of hydrogen-bond donors (Lipinski definition) is 2. The van der Waals surface area contributed by atoms with Crippen LogP contribution >= 0.6 is 0 Å². The van der Waals surface area contributed by atoms with Gasteiger partial charge in [0.2, 0.25) is 0 Å². The van der Waals surface area contributed by atoms with Crippen molar-refractivity contribution in [2.45, 2.75) is 50.9 Å². The van der Waals surface area contributed by atoms with Crippen molar-refractivity contribution >= 4 is 0 Å². The molecule has 2 atom stereocenters. The third-order valence-electron chi connectivity index (χ3n) is 4.37. The Morgan fingerprint density at radius 3 is 2.48 bits per heavy atom. The first-order valence-corrected chi connectivity index (χ1v) is 7.86. The van der Waals surface area contributed by atoms with Gasteiger partial charge in [-0.05, 0) is 19.3 Å². The van der Waals surface area contributed by atoms with E-state index < -0.39 is 0 Å². The molecule has 2 heterocycles. The van der Waals surface area contributed by atoms with Crippen LogP contribution in [0.4, 0.5) is 0 Å². The van der Waals surface area contributed by atoms with E-state index in [1.165, 1.54) is 24.8 Å². The molecule has 118 valence electrons. The molecule has 21 heavy (non-hydrogen) atoms. The van der Waals surface area contributed by atoms with Gasteiger partial charge >= 0.3 is 0 Å². The minimum atomic E-state index is -0.235. The van der Waals surface area contributed by atoms with Crippen molar-refractivity contribution in [3.05, 3.63) is 17.0 Å². The van der Waals surface area contributed by atoms with Gasteiger partial charge in [-0.1, -0.05) is 11.6 Å². The summed E-state index contributed by atoms with van der Waals surface area (Å²) < 4.78 is 11.1. The van der Waals surface area contributed by atoms with Crippen LogP contribution in [0, 0.1) is 0 Å². The van der Waals surface area contributed by atoms with Crippen LogP contribution in [0.25, 0.3) is 0 Å². The van der Waals surface area contributed by atoms with Crippen molar-refractivity contribution in [1.82, 2.24) is 10.1 Å². The van der Waals surface area contributed by atoms with Gasteiger partial charge in [-0.2, -0.15) is 0 Å². The van der Waals surface area contributed by atoms with Gasteiger partial charge in [-0.3, -0.25) is 4.90 Å². The highest BCUT2D eigenvalue weighted by Crippen LogP contribution is 2.25. The summed E-state index contributed by atoms with van der Waals surface area (Å²) in [6, 6.07) is 0. The number of morpholine rings is 1. The summed E-state index contributed by atoms with van der Waals surface area (Å²) in [5.74, 6) is 1.05. The Morgan fingerprint density at radius 1 is 1.05 bits per heavy atom. The van der Waals surface area contributed by atoms with Gasteiger partial charge < -0.3 is 19.5 Å². The molecular formula is C15H24N2O4. The average Bonchev–Trinajstić information content (AvgIpc) is 2.74. The minimum absolute atomic E-state index is 0.0239. The number of fused-ring (bicyclic) bond motifs is 1. The van der Waals surface area contributed by atoms with E-state index in [0.717, 1.165) is 24.3 Å². The normalized spacial score (nSPS) is 27.3. The molecule has 2 aliphatic rings. The topological polar surface area (TPSA) is 79.0 Å². The van der Waals surface area contributed by atoms with Gasteiger partial charge in [0.25, 0.3) is 0 Å². The van der Waals surface area contributed by atoms with Crippen molar-refractivity contribution < 1.29 is 19.5 Å². The first-order chi connectivity index (χ1) is 10.3. The Morgan fingerprint density at radius 2 is 1.76 bits per heavy atom. The fourth-order valence-electron chi connectivity index (χ4n) is 3.30. The van der Waals surface area contributed by atoms with Crippen LogP contribution in [-0.4, -0.2) is 58.8 Å². The number of aromatic nitrogens is 1. The van der Waals surface area contributed by atoms with Crippen molar-refractivity contribution in [2.24, 2.45) is 0 Å². The lowest BCUT2D eigenvalue weighted by Crippen LogP contribution is -2.49. The summed E-state index contributed by atoms with van der Waals surface area (Å²) in [5.41, 5.74) is 2.29. The number of aliphatic hydroxyl groups is 2. The number of hydrogen-bond acceptors (Lipinski definition) is 6. The molecule has 0 unspecified atom stereocenters. The molecular weight excluding hydrogens is 272 g/mol. The molecule has 0 bridgehead atoms. The molecule has 1 fully saturated rings. The number of rotatable bonds is 4. The third kappa shape index (κ3) is 3.45. The van der Waals surface area contributed by atoms with E-state index >= 15 is 0 Å². The number of ether oxygens (including phenoxy) is 1. The van der Waals surface area contributed by atoms with Gasteiger partial charge in [0.05, 0.1) is 25.4 Å². The molecule has 1 aromatic rings. The van der Waals surface area contributed by atoms with Gasteiger partial charge in [0, 0.05) is 31.6 Å². The molecule has 1 aliphatic carbocycles. The molecule has 0 saturated carbocycles. The van der Waals surface area contributed by atoms with Crippen LogP contribution in [-0.2, 0) is 24.1 Å². The molecule has 0 radical (unpaired) electrons. The van der Waals surface area contributed by atoms with Gasteiger partial charge in [0.1, 0.15) is 11.5 Å². The summed E-state index contributed by atoms with van der Waals surface area (Å²) in [7, 11) is 0. The molecule has 1 aromatic heterocycles. The molecule has 6 heteroatoms. The summed E-state index contributed by atoms with van der Waals surface area (Å²) in [4.78, 5) is 2.19. The number of aryl methyl sites for hydroxylation is 1. The Bertz CT molecular complexity index is 451. The first-order valence-electron chi connectivity index (χ1n) is 7.86. The highest BCUT2D eigenvalue weighted by Gasteiger charge is 2.29. The van der Waals surface area contributed by atoms with Crippen LogP contribution < -0.4 is 0 Å². The summed E-state index contributed by atoms with van der Waals surface area (Å²) >= 11 is 0. The lowest BCUT2D eigenvalue weighted by molar-refractivity contribution is -0.120.